The molecule has 2 saturated carbocycles. The normalized spacial score (nSPS) is 49.1. The molecule has 0 spiro atoms. The largest absolute Gasteiger partial charge is 0.227 e. The quantitative estimate of drug-likeness (QED) is 0.635. The van der Waals surface area contributed by atoms with Gasteiger partial charge in [-0.3, -0.25) is 0 Å². The molecule has 0 aromatic carbocycles. The van der Waals surface area contributed by atoms with Gasteiger partial charge in [-0.05, 0) is 31.1 Å². The van der Waals surface area contributed by atoms with Crippen LogP contribution in [0.15, 0.2) is 0 Å². The van der Waals surface area contributed by atoms with Gasteiger partial charge < -0.3 is 0 Å². The van der Waals surface area contributed by atoms with E-state index in [1.54, 1.807) is 0 Å². The second-order valence-corrected chi connectivity index (χ2v) is 9.11. The molecule has 2 nitrogen and oxygen atoms in total. The van der Waals surface area contributed by atoms with Crippen LogP contribution in [0.2, 0.25) is 0 Å². The van der Waals surface area contributed by atoms with E-state index in [9.17, 15) is 8.42 Å². The van der Waals surface area contributed by atoms with Crippen molar-refractivity contribution in [3.8, 4) is 0 Å². The first-order valence-corrected chi connectivity index (χ1v) is 9.03. The summed E-state index contributed by atoms with van der Waals surface area (Å²) in [7, 11) is -3.06. The van der Waals surface area contributed by atoms with Crippen molar-refractivity contribution in [1.82, 2.24) is 0 Å². The van der Waals surface area contributed by atoms with Gasteiger partial charge in [0, 0.05) is 5.41 Å². The molecule has 1 heterocycles. The molecular weight excluding hydrogens is 256 g/mol. The molecule has 3 aliphatic rings. The molecule has 0 bridgehead atoms. The lowest BCUT2D eigenvalue weighted by Crippen LogP contribution is -2.45. The third-order valence-corrected chi connectivity index (χ3v) is 8.86. The van der Waals surface area contributed by atoms with E-state index in [4.69, 9.17) is 11.6 Å². The van der Waals surface area contributed by atoms with Crippen LogP contribution >= 0.6 is 11.6 Å². The van der Waals surface area contributed by atoms with Gasteiger partial charge in [0.05, 0.1) is 5.75 Å². The minimum Gasteiger partial charge on any atom is -0.227 e. The van der Waals surface area contributed by atoms with Crippen LogP contribution in [0.25, 0.3) is 0 Å². The van der Waals surface area contributed by atoms with E-state index in [1.807, 2.05) is 0 Å². The van der Waals surface area contributed by atoms with E-state index in [-0.39, 0.29) is 10.8 Å². The van der Waals surface area contributed by atoms with Crippen molar-refractivity contribution in [2.24, 2.45) is 10.8 Å². The van der Waals surface area contributed by atoms with E-state index in [0.29, 0.717) is 5.75 Å². The number of alkyl halides is 1. The van der Waals surface area contributed by atoms with Crippen LogP contribution < -0.4 is 0 Å². The summed E-state index contributed by atoms with van der Waals surface area (Å²) >= 11 is 6.42. The molecule has 0 amide bonds. The maximum atomic E-state index is 12.3. The fraction of sp³-hybridized carbons (Fsp3) is 1.00. The molecule has 98 valence electrons. The molecule has 3 atom stereocenters. The van der Waals surface area contributed by atoms with Gasteiger partial charge in [0.1, 0.15) is 4.71 Å². The summed E-state index contributed by atoms with van der Waals surface area (Å²) in [6.45, 7) is 0. The zero-order chi connectivity index (χ0) is 12.1. The Morgan fingerprint density at radius 1 is 0.882 bits per heavy atom. The maximum absolute atomic E-state index is 12.3. The smallest absolute Gasteiger partial charge is 0.168 e. The molecule has 3 rings (SSSR count). The third kappa shape index (κ3) is 1.54. The van der Waals surface area contributed by atoms with Crippen molar-refractivity contribution in [2.45, 2.75) is 62.5 Å². The molecule has 0 unspecified atom stereocenters. The monoisotopic (exact) mass is 276 g/mol. The van der Waals surface area contributed by atoms with E-state index in [0.717, 1.165) is 25.7 Å². The molecule has 4 heteroatoms. The van der Waals surface area contributed by atoms with Crippen LogP contribution in [-0.4, -0.2) is 18.9 Å². The molecule has 1 saturated heterocycles. The van der Waals surface area contributed by atoms with Crippen molar-refractivity contribution in [3.63, 3.8) is 0 Å². The van der Waals surface area contributed by atoms with Gasteiger partial charge in [-0.1, -0.05) is 32.1 Å². The van der Waals surface area contributed by atoms with Gasteiger partial charge in [-0.2, -0.15) is 0 Å². The minimum absolute atomic E-state index is 0.0347. The summed E-state index contributed by atoms with van der Waals surface area (Å²) < 4.78 is 23.9. The van der Waals surface area contributed by atoms with Crippen LogP contribution in [0, 0.1) is 10.8 Å². The fourth-order valence-corrected chi connectivity index (χ4v) is 8.12. The maximum Gasteiger partial charge on any atom is 0.168 e. The van der Waals surface area contributed by atoms with Gasteiger partial charge in [0.15, 0.2) is 9.84 Å². The van der Waals surface area contributed by atoms with Gasteiger partial charge in [-0.25, -0.2) is 8.42 Å². The Labute approximate surface area is 109 Å². The fourth-order valence-electron chi connectivity index (χ4n) is 4.82. The first-order chi connectivity index (χ1) is 8.03. The Bertz CT molecular complexity index is 419. The summed E-state index contributed by atoms with van der Waals surface area (Å²) in [5.41, 5.74) is -0.0465. The summed E-state index contributed by atoms with van der Waals surface area (Å²) in [4.78, 5) is 0. The number of hydrogen-bond donors (Lipinski definition) is 0. The van der Waals surface area contributed by atoms with E-state index in [2.05, 4.69) is 0 Å². The van der Waals surface area contributed by atoms with E-state index < -0.39 is 14.5 Å². The number of halogens is 1. The Balaban J connectivity index is 2.12. The molecule has 2 aliphatic carbocycles. The zero-order valence-electron chi connectivity index (χ0n) is 10.3. The lowest BCUT2D eigenvalue weighted by atomic mass is 9.55. The Morgan fingerprint density at radius 2 is 1.41 bits per heavy atom. The SMILES string of the molecule is O=S1(=O)C[C@@]23CCCCC[C@@]2(CCCC3)[C@@H]1Cl. The van der Waals surface area contributed by atoms with Crippen LogP contribution in [0.4, 0.5) is 0 Å². The minimum atomic E-state index is -3.06. The molecule has 1 aliphatic heterocycles. The number of rotatable bonds is 0. The van der Waals surface area contributed by atoms with Gasteiger partial charge in [0.2, 0.25) is 0 Å². The molecular formula is C13H21ClO2S. The first kappa shape index (κ1) is 12.3. The molecule has 0 aromatic heterocycles. The van der Waals surface area contributed by atoms with Crippen LogP contribution in [0.1, 0.15) is 57.8 Å². The second-order valence-electron chi connectivity index (χ2n) is 6.33. The highest BCUT2D eigenvalue weighted by Crippen LogP contribution is 2.66. The summed E-state index contributed by atoms with van der Waals surface area (Å²) in [5.74, 6) is 0.369. The lowest BCUT2D eigenvalue weighted by Gasteiger charge is -2.49. The standard InChI is InChI=1S/C13H21ClO2S/c14-11-13-8-3-1-2-6-12(13,7-4-5-9-13)10-17(11,15)16/h11H,1-10H2/t11-,12+,13-/m1/s1. The van der Waals surface area contributed by atoms with Crippen molar-refractivity contribution >= 4 is 21.4 Å². The molecule has 17 heavy (non-hydrogen) atoms. The topological polar surface area (TPSA) is 34.1 Å². The van der Waals surface area contributed by atoms with Crippen molar-refractivity contribution in [3.05, 3.63) is 0 Å². The average Bonchev–Trinajstić information content (AvgIpc) is 2.43. The molecule has 0 aromatic rings. The van der Waals surface area contributed by atoms with E-state index in [1.165, 1.54) is 32.1 Å². The van der Waals surface area contributed by atoms with Gasteiger partial charge >= 0.3 is 0 Å². The van der Waals surface area contributed by atoms with Crippen LogP contribution in [0.5, 0.6) is 0 Å². The highest BCUT2D eigenvalue weighted by Gasteiger charge is 2.66. The van der Waals surface area contributed by atoms with Crippen molar-refractivity contribution in [1.29, 1.82) is 0 Å². The van der Waals surface area contributed by atoms with Crippen LogP contribution in [-0.2, 0) is 9.84 Å². The van der Waals surface area contributed by atoms with E-state index >= 15 is 0 Å². The Morgan fingerprint density at radius 3 is 2.12 bits per heavy atom. The highest BCUT2D eigenvalue weighted by atomic mass is 35.5. The molecule has 3 fully saturated rings. The van der Waals surface area contributed by atoms with Crippen molar-refractivity contribution < 1.29 is 8.42 Å². The molecule has 0 N–H and O–H groups in total. The predicted molar refractivity (Wildman–Crippen MR) is 69.8 cm³/mol. The molecule has 0 radical (unpaired) electrons. The Kier molecular flexibility index (Phi) is 2.79. The lowest BCUT2D eigenvalue weighted by molar-refractivity contribution is 0.0211. The summed E-state index contributed by atoms with van der Waals surface area (Å²) in [6.07, 6.45) is 10.3. The van der Waals surface area contributed by atoms with Gasteiger partial charge in [-0.15, -0.1) is 11.6 Å². The van der Waals surface area contributed by atoms with Crippen molar-refractivity contribution in [2.75, 3.05) is 5.75 Å². The number of sulfone groups is 1. The Hall–Kier alpha value is 0.240. The summed E-state index contributed by atoms with van der Waals surface area (Å²) in [5, 5.41) is 0. The summed E-state index contributed by atoms with van der Waals surface area (Å²) in [6, 6.07) is 0. The average molecular weight is 277 g/mol. The third-order valence-electron chi connectivity index (χ3n) is 5.59. The highest BCUT2D eigenvalue weighted by molar-refractivity contribution is 7.93. The number of hydrogen-bond acceptors (Lipinski definition) is 2. The van der Waals surface area contributed by atoms with Crippen LogP contribution in [0.3, 0.4) is 0 Å². The second kappa shape index (κ2) is 3.86. The zero-order valence-corrected chi connectivity index (χ0v) is 11.8. The first-order valence-electron chi connectivity index (χ1n) is 6.88. The predicted octanol–water partition coefficient (Wildman–Crippen LogP) is 3.49. The van der Waals surface area contributed by atoms with Gasteiger partial charge in [0.25, 0.3) is 0 Å².